The number of hydrogen-bond donors (Lipinski definition) is 1. The van der Waals surface area contributed by atoms with Crippen molar-refractivity contribution in [3.63, 3.8) is 0 Å². The standard InChI is InChI=1S/C22H30N4O2/c1-4-8-20-24-19-14-25(13-17-9-6-5-7-10-17)12-11-18(19)22(28)26(20)15-21(27)23-16(2)3/h5-7,9-10,16H,4,8,11-15H2,1-3H3,(H,23,27). The first-order chi connectivity index (χ1) is 13.5. The van der Waals surface area contributed by atoms with Gasteiger partial charge in [0.25, 0.3) is 5.56 Å². The third kappa shape index (κ3) is 4.87. The van der Waals surface area contributed by atoms with Crippen LogP contribution in [0.25, 0.3) is 0 Å². The molecule has 6 nitrogen and oxygen atoms in total. The molecule has 2 heterocycles. The van der Waals surface area contributed by atoms with E-state index in [1.807, 2.05) is 32.0 Å². The van der Waals surface area contributed by atoms with E-state index in [4.69, 9.17) is 4.98 Å². The van der Waals surface area contributed by atoms with Gasteiger partial charge in [0.2, 0.25) is 5.91 Å². The summed E-state index contributed by atoms with van der Waals surface area (Å²) >= 11 is 0. The van der Waals surface area contributed by atoms with E-state index >= 15 is 0 Å². The van der Waals surface area contributed by atoms with Crippen molar-refractivity contribution in [2.24, 2.45) is 0 Å². The molecule has 1 N–H and O–H groups in total. The van der Waals surface area contributed by atoms with Crippen molar-refractivity contribution in [2.75, 3.05) is 6.54 Å². The second-order valence-electron chi connectivity index (χ2n) is 7.76. The number of amides is 1. The average molecular weight is 383 g/mol. The lowest BCUT2D eigenvalue weighted by Crippen LogP contribution is -2.41. The molecule has 1 amide bonds. The first kappa shape index (κ1) is 20.3. The summed E-state index contributed by atoms with van der Waals surface area (Å²) < 4.78 is 1.58. The lowest BCUT2D eigenvalue weighted by Gasteiger charge is -2.29. The van der Waals surface area contributed by atoms with Crippen LogP contribution in [0.1, 0.15) is 49.8 Å². The van der Waals surface area contributed by atoms with Crippen LogP contribution in [0.2, 0.25) is 0 Å². The van der Waals surface area contributed by atoms with E-state index < -0.39 is 0 Å². The highest BCUT2D eigenvalue weighted by Crippen LogP contribution is 2.17. The van der Waals surface area contributed by atoms with Gasteiger partial charge >= 0.3 is 0 Å². The van der Waals surface area contributed by atoms with E-state index in [0.29, 0.717) is 25.2 Å². The number of fused-ring (bicyclic) bond motifs is 1. The average Bonchev–Trinajstić information content (AvgIpc) is 2.65. The first-order valence-electron chi connectivity index (χ1n) is 10.1. The molecule has 0 atom stereocenters. The largest absolute Gasteiger partial charge is 0.352 e. The van der Waals surface area contributed by atoms with E-state index in [9.17, 15) is 9.59 Å². The van der Waals surface area contributed by atoms with Crippen molar-refractivity contribution in [3.8, 4) is 0 Å². The van der Waals surface area contributed by atoms with Gasteiger partial charge in [0, 0.05) is 37.7 Å². The quantitative estimate of drug-likeness (QED) is 0.798. The topological polar surface area (TPSA) is 67.2 Å². The molecule has 150 valence electrons. The maximum absolute atomic E-state index is 13.1. The van der Waals surface area contributed by atoms with Gasteiger partial charge in [0.15, 0.2) is 0 Å². The molecule has 0 saturated carbocycles. The molecule has 0 saturated heterocycles. The Morgan fingerprint density at radius 1 is 1.25 bits per heavy atom. The monoisotopic (exact) mass is 382 g/mol. The summed E-state index contributed by atoms with van der Waals surface area (Å²) in [4.78, 5) is 32.5. The SMILES string of the molecule is CCCc1nc2c(c(=O)n1CC(=O)NC(C)C)CCN(Cc1ccccc1)C2. The molecular weight excluding hydrogens is 352 g/mol. The highest BCUT2D eigenvalue weighted by atomic mass is 16.2. The van der Waals surface area contributed by atoms with Gasteiger partial charge in [-0.25, -0.2) is 4.98 Å². The van der Waals surface area contributed by atoms with Crippen molar-refractivity contribution in [1.82, 2.24) is 19.8 Å². The highest BCUT2D eigenvalue weighted by Gasteiger charge is 2.24. The van der Waals surface area contributed by atoms with Gasteiger partial charge < -0.3 is 5.32 Å². The molecular formula is C22H30N4O2. The number of nitrogens with one attached hydrogen (secondary N) is 1. The van der Waals surface area contributed by atoms with Crippen molar-refractivity contribution in [2.45, 2.75) is 65.7 Å². The molecule has 0 bridgehead atoms. The third-order valence-corrected chi connectivity index (χ3v) is 4.95. The van der Waals surface area contributed by atoms with Crippen molar-refractivity contribution >= 4 is 5.91 Å². The number of aryl methyl sites for hydroxylation is 1. The Balaban J connectivity index is 1.85. The summed E-state index contributed by atoms with van der Waals surface area (Å²) in [7, 11) is 0. The lowest BCUT2D eigenvalue weighted by atomic mass is 10.0. The number of aromatic nitrogens is 2. The smallest absolute Gasteiger partial charge is 0.257 e. The third-order valence-electron chi connectivity index (χ3n) is 4.95. The number of hydrogen-bond acceptors (Lipinski definition) is 4. The van der Waals surface area contributed by atoms with Crippen molar-refractivity contribution in [3.05, 3.63) is 63.3 Å². The molecule has 28 heavy (non-hydrogen) atoms. The summed E-state index contributed by atoms with van der Waals surface area (Å²) in [5.74, 6) is 0.574. The van der Waals surface area contributed by atoms with Crippen LogP contribution in [0.5, 0.6) is 0 Å². The van der Waals surface area contributed by atoms with Crippen LogP contribution in [-0.4, -0.2) is 32.9 Å². The predicted octanol–water partition coefficient (Wildman–Crippen LogP) is 2.28. The Labute approximate surface area is 166 Å². The zero-order valence-corrected chi connectivity index (χ0v) is 17.1. The Morgan fingerprint density at radius 2 is 2.00 bits per heavy atom. The second-order valence-corrected chi connectivity index (χ2v) is 7.76. The van der Waals surface area contributed by atoms with Crippen LogP contribution < -0.4 is 10.9 Å². The van der Waals surface area contributed by atoms with E-state index in [1.54, 1.807) is 4.57 Å². The van der Waals surface area contributed by atoms with Gasteiger partial charge in [-0.1, -0.05) is 37.3 Å². The van der Waals surface area contributed by atoms with Gasteiger partial charge in [-0.3, -0.25) is 19.1 Å². The fraction of sp³-hybridized carbons (Fsp3) is 0.500. The minimum atomic E-state index is -0.141. The number of rotatable bonds is 7. The molecule has 1 aromatic carbocycles. The van der Waals surface area contributed by atoms with E-state index in [-0.39, 0.29) is 24.1 Å². The number of carbonyl (C=O) groups is 1. The Hall–Kier alpha value is -2.47. The van der Waals surface area contributed by atoms with Gasteiger partial charge in [-0.2, -0.15) is 0 Å². The normalized spacial score (nSPS) is 14.1. The van der Waals surface area contributed by atoms with Gasteiger partial charge in [-0.05, 0) is 32.3 Å². The molecule has 1 aromatic heterocycles. The van der Waals surface area contributed by atoms with Crippen LogP contribution in [0.4, 0.5) is 0 Å². The number of benzene rings is 1. The minimum Gasteiger partial charge on any atom is -0.352 e. The maximum atomic E-state index is 13.1. The van der Waals surface area contributed by atoms with E-state index in [2.05, 4.69) is 29.3 Å². The molecule has 0 fully saturated rings. The van der Waals surface area contributed by atoms with Gasteiger partial charge in [-0.15, -0.1) is 0 Å². The van der Waals surface area contributed by atoms with Crippen molar-refractivity contribution in [1.29, 1.82) is 0 Å². The molecule has 0 aliphatic carbocycles. The van der Waals surface area contributed by atoms with E-state index in [0.717, 1.165) is 30.8 Å². The van der Waals surface area contributed by atoms with Crippen LogP contribution in [0, 0.1) is 0 Å². The molecule has 0 radical (unpaired) electrons. The van der Waals surface area contributed by atoms with Gasteiger partial charge in [0.1, 0.15) is 12.4 Å². The van der Waals surface area contributed by atoms with Crippen LogP contribution in [-0.2, 0) is 37.3 Å². The predicted molar refractivity (Wildman–Crippen MR) is 110 cm³/mol. The molecule has 1 aliphatic rings. The van der Waals surface area contributed by atoms with Crippen molar-refractivity contribution < 1.29 is 4.79 Å². The van der Waals surface area contributed by atoms with Crippen LogP contribution in [0.15, 0.2) is 35.1 Å². The maximum Gasteiger partial charge on any atom is 0.257 e. The first-order valence-corrected chi connectivity index (χ1v) is 10.1. The minimum absolute atomic E-state index is 0.0420. The zero-order chi connectivity index (χ0) is 20.1. The van der Waals surface area contributed by atoms with Crippen LogP contribution in [0.3, 0.4) is 0 Å². The van der Waals surface area contributed by atoms with Crippen LogP contribution >= 0.6 is 0 Å². The highest BCUT2D eigenvalue weighted by molar-refractivity contribution is 5.76. The summed E-state index contributed by atoms with van der Waals surface area (Å²) in [5, 5.41) is 2.87. The molecule has 1 aliphatic heterocycles. The summed E-state index contributed by atoms with van der Waals surface area (Å²) in [5.41, 5.74) is 2.85. The summed E-state index contributed by atoms with van der Waals surface area (Å²) in [6.07, 6.45) is 2.24. The number of nitrogens with zero attached hydrogens (tertiary/aromatic N) is 3. The molecule has 6 heteroatoms. The van der Waals surface area contributed by atoms with Gasteiger partial charge in [0.05, 0.1) is 5.69 Å². The molecule has 2 aromatic rings. The molecule has 0 spiro atoms. The van der Waals surface area contributed by atoms with E-state index in [1.165, 1.54) is 5.56 Å². The number of carbonyl (C=O) groups excluding carboxylic acids is 1. The summed E-state index contributed by atoms with van der Waals surface area (Å²) in [6.45, 7) is 8.29. The summed E-state index contributed by atoms with van der Waals surface area (Å²) in [6, 6.07) is 10.4. The fourth-order valence-corrected chi connectivity index (χ4v) is 3.70. The molecule has 3 rings (SSSR count). The zero-order valence-electron chi connectivity index (χ0n) is 17.1. The second kappa shape index (κ2) is 9.15. The Morgan fingerprint density at radius 3 is 2.68 bits per heavy atom. The fourth-order valence-electron chi connectivity index (χ4n) is 3.70. The Bertz CT molecular complexity index is 874. The lowest BCUT2D eigenvalue weighted by molar-refractivity contribution is -0.122. The molecule has 0 unspecified atom stereocenters. The Kier molecular flexibility index (Phi) is 6.62.